The molecule has 204 valence electrons. The highest BCUT2D eigenvalue weighted by Gasteiger charge is 2.28. The van der Waals surface area contributed by atoms with Crippen LogP contribution in [0.15, 0.2) is 78.9 Å². The summed E-state index contributed by atoms with van der Waals surface area (Å²) < 4.78 is 0. The molecule has 0 atom stereocenters. The molecule has 1 aliphatic rings. The smallest absolute Gasteiger partial charge is 0.228 e. The number of nitrogens with one attached hydrogen (secondary N) is 1. The molecule has 6 heteroatoms. The van der Waals surface area contributed by atoms with Crippen molar-refractivity contribution in [2.24, 2.45) is 0 Å². The fourth-order valence-electron chi connectivity index (χ4n) is 5.03. The quantitative estimate of drug-likeness (QED) is 0.218. The summed E-state index contributed by atoms with van der Waals surface area (Å²) in [7, 11) is 0. The van der Waals surface area contributed by atoms with Gasteiger partial charge in [-0.1, -0.05) is 90.7 Å². The van der Waals surface area contributed by atoms with Gasteiger partial charge in [0.25, 0.3) is 0 Å². The third-order valence-corrected chi connectivity index (χ3v) is 7.32. The first-order valence-corrected chi connectivity index (χ1v) is 14.2. The van der Waals surface area contributed by atoms with Gasteiger partial charge in [-0.2, -0.15) is 0 Å². The van der Waals surface area contributed by atoms with Crippen LogP contribution in [-0.4, -0.2) is 28.3 Å². The Morgan fingerprint density at radius 2 is 1.35 bits per heavy atom. The van der Waals surface area contributed by atoms with Crippen molar-refractivity contribution in [2.45, 2.75) is 58.8 Å². The van der Waals surface area contributed by atoms with Crippen LogP contribution in [0, 0.1) is 13.8 Å². The van der Waals surface area contributed by atoms with Crippen molar-refractivity contribution in [3.8, 4) is 22.5 Å². The van der Waals surface area contributed by atoms with E-state index in [4.69, 9.17) is 9.97 Å². The van der Waals surface area contributed by atoms with Crippen molar-refractivity contribution in [3.63, 3.8) is 0 Å². The van der Waals surface area contributed by atoms with Crippen LogP contribution in [0.4, 0.5) is 11.5 Å². The van der Waals surface area contributed by atoms with E-state index in [2.05, 4.69) is 67.7 Å². The van der Waals surface area contributed by atoms with Gasteiger partial charge in [-0.25, -0.2) is 9.97 Å². The highest BCUT2D eigenvalue weighted by molar-refractivity contribution is 5.96. The number of aromatic nitrogens is 2. The van der Waals surface area contributed by atoms with Crippen LogP contribution >= 0.6 is 0 Å². The van der Waals surface area contributed by atoms with Crippen LogP contribution in [0.2, 0.25) is 0 Å². The molecule has 0 bridgehead atoms. The summed E-state index contributed by atoms with van der Waals surface area (Å²) in [6.45, 7) is 4.75. The molecule has 40 heavy (non-hydrogen) atoms. The molecule has 4 aromatic rings. The third kappa shape index (κ3) is 6.63. The first-order chi connectivity index (χ1) is 19.5. The van der Waals surface area contributed by atoms with Gasteiger partial charge in [-0.3, -0.25) is 14.5 Å². The van der Waals surface area contributed by atoms with Crippen molar-refractivity contribution in [1.29, 1.82) is 0 Å². The number of hydrogen-bond donors (Lipinski definition) is 1. The van der Waals surface area contributed by atoms with Crippen LogP contribution in [0.1, 0.15) is 55.3 Å². The minimum absolute atomic E-state index is 0.0367. The Kier molecular flexibility index (Phi) is 8.65. The molecular formula is C34H36N4O2. The molecule has 1 N–H and O–H groups in total. The lowest BCUT2D eigenvalue weighted by atomic mass is 10.0. The van der Waals surface area contributed by atoms with Gasteiger partial charge < -0.3 is 5.32 Å². The van der Waals surface area contributed by atoms with Gasteiger partial charge in [0.1, 0.15) is 0 Å². The maximum Gasteiger partial charge on any atom is 0.228 e. The van der Waals surface area contributed by atoms with Crippen molar-refractivity contribution in [2.75, 3.05) is 16.8 Å². The van der Waals surface area contributed by atoms with E-state index >= 15 is 0 Å². The summed E-state index contributed by atoms with van der Waals surface area (Å²) in [4.78, 5) is 37.3. The van der Waals surface area contributed by atoms with Gasteiger partial charge >= 0.3 is 0 Å². The van der Waals surface area contributed by atoms with E-state index in [1.54, 1.807) is 0 Å². The summed E-state index contributed by atoms with van der Waals surface area (Å²) in [5.74, 6) is 0.821. The molecule has 2 heterocycles. The minimum Gasteiger partial charge on any atom is -0.326 e. The molecule has 0 spiro atoms. The number of carbonyl (C=O) groups is 2. The Labute approximate surface area is 236 Å². The van der Waals surface area contributed by atoms with Crippen LogP contribution in [0.3, 0.4) is 0 Å². The van der Waals surface area contributed by atoms with Gasteiger partial charge in [0.05, 0.1) is 17.1 Å². The van der Waals surface area contributed by atoms with E-state index in [1.165, 1.54) is 11.1 Å². The Bertz CT molecular complexity index is 1460. The van der Waals surface area contributed by atoms with Gasteiger partial charge in [0.15, 0.2) is 5.82 Å². The van der Waals surface area contributed by atoms with E-state index in [0.29, 0.717) is 31.6 Å². The average molecular weight is 533 g/mol. The maximum atomic E-state index is 13.0. The van der Waals surface area contributed by atoms with Crippen molar-refractivity contribution in [1.82, 2.24) is 9.97 Å². The fraction of sp³-hybridized carbons (Fsp3) is 0.294. The molecule has 1 aromatic heterocycles. The second-order valence-electron chi connectivity index (χ2n) is 10.5. The fourth-order valence-corrected chi connectivity index (χ4v) is 5.03. The molecule has 0 fully saturated rings. The van der Waals surface area contributed by atoms with Gasteiger partial charge in [0.2, 0.25) is 11.8 Å². The first kappa shape index (κ1) is 27.3. The van der Waals surface area contributed by atoms with E-state index in [9.17, 15) is 9.59 Å². The zero-order valence-electron chi connectivity index (χ0n) is 23.3. The highest BCUT2D eigenvalue weighted by atomic mass is 16.2. The number of carbonyl (C=O) groups excluding carboxylic acids is 2. The van der Waals surface area contributed by atoms with Crippen molar-refractivity contribution < 1.29 is 9.59 Å². The number of para-hydroxylation sites is 1. The van der Waals surface area contributed by atoms with Crippen LogP contribution in [0.5, 0.6) is 0 Å². The number of rotatable bonds is 10. The lowest BCUT2D eigenvalue weighted by Crippen LogP contribution is -2.37. The lowest BCUT2D eigenvalue weighted by molar-refractivity contribution is -0.119. The molecule has 0 unspecified atom stereocenters. The van der Waals surface area contributed by atoms with Crippen molar-refractivity contribution in [3.05, 3.63) is 95.7 Å². The monoisotopic (exact) mass is 532 g/mol. The Hall–Kier alpha value is -4.32. The summed E-state index contributed by atoms with van der Waals surface area (Å²) in [5.41, 5.74) is 7.74. The number of unbranched alkanes of at least 4 members (excludes halogenated alkanes) is 3. The van der Waals surface area contributed by atoms with Crippen LogP contribution in [-0.2, 0) is 16.0 Å². The Morgan fingerprint density at radius 3 is 2.00 bits per heavy atom. The number of benzene rings is 3. The normalized spacial score (nSPS) is 12.8. The summed E-state index contributed by atoms with van der Waals surface area (Å²) >= 11 is 0. The Balaban J connectivity index is 1.28. The average Bonchev–Trinajstić information content (AvgIpc) is 2.96. The number of fused-ring (bicyclic) bond motifs is 1. The van der Waals surface area contributed by atoms with Gasteiger partial charge in [-0.15, -0.1) is 0 Å². The van der Waals surface area contributed by atoms with Gasteiger partial charge in [0, 0.05) is 42.6 Å². The molecule has 2 amide bonds. The predicted molar refractivity (Wildman–Crippen MR) is 161 cm³/mol. The third-order valence-electron chi connectivity index (χ3n) is 7.32. The molecular weight excluding hydrogens is 496 g/mol. The van der Waals surface area contributed by atoms with E-state index in [-0.39, 0.29) is 11.8 Å². The number of anilines is 2. The van der Waals surface area contributed by atoms with E-state index in [0.717, 1.165) is 59.6 Å². The van der Waals surface area contributed by atoms with Gasteiger partial charge in [-0.05, 0) is 38.8 Å². The maximum absolute atomic E-state index is 13.0. The number of aryl methyl sites for hydroxylation is 3. The zero-order chi connectivity index (χ0) is 27.9. The molecule has 0 aliphatic carbocycles. The number of hydrogen-bond acceptors (Lipinski definition) is 4. The number of nitrogens with zero attached hydrogens (tertiary/aromatic N) is 3. The second-order valence-corrected chi connectivity index (χ2v) is 10.5. The number of amides is 2. The molecule has 0 radical (unpaired) electrons. The first-order valence-electron chi connectivity index (χ1n) is 14.2. The van der Waals surface area contributed by atoms with Crippen molar-refractivity contribution >= 4 is 23.3 Å². The van der Waals surface area contributed by atoms with E-state index < -0.39 is 0 Å². The highest BCUT2D eigenvalue weighted by Crippen LogP contribution is 2.35. The lowest BCUT2D eigenvalue weighted by Gasteiger charge is -2.29. The molecule has 3 aromatic carbocycles. The molecule has 0 saturated heterocycles. The Morgan fingerprint density at radius 1 is 0.750 bits per heavy atom. The summed E-state index contributed by atoms with van der Waals surface area (Å²) in [6, 6.07) is 26.2. The van der Waals surface area contributed by atoms with Crippen LogP contribution in [0.25, 0.3) is 22.5 Å². The molecule has 5 rings (SSSR count). The minimum atomic E-state index is 0.0367. The summed E-state index contributed by atoms with van der Waals surface area (Å²) in [5, 5.41) is 2.94. The standard InChI is InChI=1S/C34H36N4O2/c1-24-13-17-26(18-14-24)32-33(27-19-15-25(2)16-20-27)37-34-29(36-32)21-22-31(40)38(34)23-9-4-3-8-12-30(39)35-28-10-6-5-7-11-28/h5-7,10-11,13-20H,3-4,8-9,12,21-23H2,1-2H3,(H,35,39). The topological polar surface area (TPSA) is 75.2 Å². The second kappa shape index (κ2) is 12.7. The molecule has 0 saturated carbocycles. The van der Waals surface area contributed by atoms with Crippen LogP contribution < -0.4 is 10.2 Å². The summed E-state index contributed by atoms with van der Waals surface area (Å²) in [6.07, 6.45) is 5.09. The molecule has 1 aliphatic heterocycles. The molecule has 6 nitrogen and oxygen atoms in total. The van der Waals surface area contributed by atoms with E-state index in [1.807, 2.05) is 35.2 Å². The largest absolute Gasteiger partial charge is 0.326 e. The SMILES string of the molecule is Cc1ccc(-c2nc3c(nc2-c2ccc(C)cc2)N(CCCCCCC(=O)Nc2ccccc2)C(=O)CC3)cc1. The zero-order valence-corrected chi connectivity index (χ0v) is 23.3. The predicted octanol–water partition coefficient (Wildman–Crippen LogP) is 7.30.